The summed E-state index contributed by atoms with van der Waals surface area (Å²) in [5, 5.41) is 12.8. The van der Waals surface area contributed by atoms with Gasteiger partial charge in [-0.3, -0.25) is 19.4 Å². The number of ether oxygens (including phenoxy) is 4. The van der Waals surface area contributed by atoms with Crippen LogP contribution in [0, 0.1) is 0 Å². The number of carbonyl (C=O) groups is 3. The predicted octanol–water partition coefficient (Wildman–Crippen LogP) is 7.71. The number of carboxylic acid groups (broad SMARTS) is 1. The van der Waals surface area contributed by atoms with Crippen molar-refractivity contribution < 1.29 is 38.4 Å². The summed E-state index contributed by atoms with van der Waals surface area (Å²) in [5.74, 6) is 0.855. The minimum Gasteiger partial charge on any atom is -0.493 e. The second kappa shape index (κ2) is 16.6. The molecule has 13 heteroatoms. The van der Waals surface area contributed by atoms with Gasteiger partial charge in [0, 0.05) is 42.3 Å². The second-order valence-electron chi connectivity index (χ2n) is 14.2. The van der Waals surface area contributed by atoms with E-state index < -0.39 is 5.97 Å². The molecule has 8 rings (SSSR count). The molecule has 0 unspecified atom stereocenters. The van der Waals surface area contributed by atoms with Gasteiger partial charge in [0.1, 0.15) is 13.2 Å². The highest BCUT2D eigenvalue weighted by Crippen LogP contribution is 2.41. The number of nitrogens with zero attached hydrogens (tertiary/aromatic N) is 3. The van der Waals surface area contributed by atoms with E-state index in [0.717, 1.165) is 52.0 Å². The van der Waals surface area contributed by atoms with Crippen molar-refractivity contribution >= 4 is 59.0 Å². The van der Waals surface area contributed by atoms with Gasteiger partial charge in [0.15, 0.2) is 23.0 Å². The summed E-state index contributed by atoms with van der Waals surface area (Å²) in [6.07, 6.45) is 1.54. The number of methoxy groups -OCH3 is 2. The van der Waals surface area contributed by atoms with Crippen LogP contribution < -0.4 is 34.1 Å². The third-order valence-corrected chi connectivity index (χ3v) is 11.6. The van der Waals surface area contributed by atoms with Crippen molar-refractivity contribution in [1.29, 1.82) is 0 Å². The van der Waals surface area contributed by atoms with Crippen LogP contribution in [0.15, 0.2) is 96.0 Å². The van der Waals surface area contributed by atoms with Gasteiger partial charge in [0.05, 0.1) is 48.5 Å². The zero-order valence-corrected chi connectivity index (χ0v) is 33.0. The molecule has 0 fully saturated rings. The van der Waals surface area contributed by atoms with Gasteiger partial charge in [0.25, 0.3) is 11.8 Å². The molecule has 0 saturated heterocycles. The Hall–Kier alpha value is -6.47. The third kappa shape index (κ3) is 7.64. The first-order valence-electron chi connectivity index (χ1n) is 18.9. The quantitative estimate of drug-likeness (QED) is 0.107. The molecule has 3 heterocycles. The van der Waals surface area contributed by atoms with Crippen LogP contribution in [-0.4, -0.2) is 68.7 Å². The molecule has 296 valence electrons. The molecule has 0 bridgehead atoms. The number of carbonyl (C=O) groups excluding carboxylic acids is 2. The molecule has 1 atom stereocenters. The maximum Gasteiger partial charge on any atom is 0.313 e. The van der Waals surface area contributed by atoms with E-state index in [9.17, 15) is 19.5 Å². The van der Waals surface area contributed by atoms with Crippen molar-refractivity contribution in [3.63, 3.8) is 0 Å². The summed E-state index contributed by atoms with van der Waals surface area (Å²) in [6, 6.07) is 28.6. The summed E-state index contributed by atoms with van der Waals surface area (Å²) in [6.45, 7) is 5.15. The van der Waals surface area contributed by atoms with E-state index in [2.05, 4.69) is 23.1 Å². The third-order valence-electron chi connectivity index (χ3n) is 10.6. The smallest absolute Gasteiger partial charge is 0.313 e. The highest BCUT2D eigenvalue weighted by molar-refractivity contribution is 7.99. The number of aliphatic carboxylic acids is 1. The molecular formula is C45H42N4O8S. The van der Waals surface area contributed by atoms with Crippen LogP contribution in [-0.2, 0) is 36.6 Å². The minimum atomic E-state index is -0.894. The molecule has 0 spiro atoms. The van der Waals surface area contributed by atoms with Crippen LogP contribution in [0.2, 0.25) is 0 Å². The number of amides is 2. The number of hydrogen-bond acceptors (Lipinski definition) is 10. The number of para-hydroxylation sites is 2. The van der Waals surface area contributed by atoms with E-state index >= 15 is 0 Å². The fourth-order valence-corrected chi connectivity index (χ4v) is 8.58. The van der Waals surface area contributed by atoms with E-state index in [1.807, 2.05) is 71.6 Å². The lowest BCUT2D eigenvalue weighted by atomic mass is 10.1. The molecule has 5 aromatic rings. The monoisotopic (exact) mass is 798 g/mol. The molecule has 58 heavy (non-hydrogen) atoms. The topological polar surface area (TPSA) is 139 Å². The number of rotatable bonds is 14. The summed E-state index contributed by atoms with van der Waals surface area (Å²) in [4.78, 5) is 46.8. The molecule has 2 N–H and O–H groups in total. The standard InChI is InChI=1S/C45H42N4O8S/c1-46-35-20-41(39(54-2)18-33(35)44(52)48-13-12-30-8-4-6-10-37(30)48)56-23-27-14-28(16-29(15-27)25-58-26-43(50)51)24-57-42-21-36-34(19-40(42)55-3)45(53)49-32(22-47-36)17-31-9-5-7-11-38(31)49/h4-11,14-16,18-21,32,47H,1,12-13,17,22-26H2,2-3H3,(H,50,51)/t32-/m0/s1. The lowest BCUT2D eigenvalue weighted by molar-refractivity contribution is -0.133. The van der Waals surface area contributed by atoms with Crippen LogP contribution >= 0.6 is 11.8 Å². The first kappa shape index (κ1) is 38.4. The van der Waals surface area contributed by atoms with E-state index in [0.29, 0.717) is 64.3 Å². The van der Waals surface area contributed by atoms with E-state index in [-0.39, 0.29) is 36.8 Å². The van der Waals surface area contributed by atoms with Crippen molar-refractivity contribution in [2.75, 3.05) is 48.2 Å². The largest absolute Gasteiger partial charge is 0.493 e. The van der Waals surface area contributed by atoms with Crippen molar-refractivity contribution in [1.82, 2.24) is 0 Å². The number of nitrogens with one attached hydrogen (secondary N) is 1. The van der Waals surface area contributed by atoms with Gasteiger partial charge < -0.3 is 39.2 Å². The minimum absolute atomic E-state index is 0.0110. The van der Waals surface area contributed by atoms with Gasteiger partial charge in [0.2, 0.25) is 0 Å². The molecule has 3 aliphatic heterocycles. The van der Waals surface area contributed by atoms with Crippen molar-refractivity contribution in [2.45, 2.75) is 37.9 Å². The maximum absolute atomic E-state index is 13.9. The number of fused-ring (bicyclic) bond motifs is 5. The lowest BCUT2D eigenvalue weighted by Crippen LogP contribution is -2.39. The zero-order valence-electron chi connectivity index (χ0n) is 32.2. The van der Waals surface area contributed by atoms with Crippen LogP contribution in [0.1, 0.15) is 48.5 Å². The Labute approximate surface area is 340 Å². The Morgan fingerprint density at radius 3 is 2.21 bits per heavy atom. The summed E-state index contributed by atoms with van der Waals surface area (Å²) < 4.78 is 24.1. The molecule has 0 radical (unpaired) electrons. The number of thioether (sulfide) groups is 1. The summed E-state index contributed by atoms with van der Waals surface area (Å²) in [5.41, 5.74) is 8.48. The fraction of sp³-hybridized carbons (Fsp3) is 0.244. The normalized spacial score (nSPS) is 15.0. The predicted molar refractivity (Wildman–Crippen MR) is 225 cm³/mol. The lowest BCUT2D eigenvalue weighted by Gasteiger charge is -2.22. The average molecular weight is 799 g/mol. The number of anilines is 3. The van der Waals surface area contributed by atoms with Gasteiger partial charge in [-0.1, -0.05) is 48.5 Å². The molecule has 0 aliphatic carbocycles. The van der Waals surface area contributed by atoms with Crippen LogP contribution in [0.25, 0.3) is 0 Å². The number of benzene rings is 5. The Morgan fingerprint density at radius 2 is 1.50 bits per heavy atom. The Balaban J connectivity index is 1.02. The van der Waals surface area contributed by atoms with Gasteiger partial charge >= 0.3 is 5.97 Å². The van der Waals surface area contributed by atoms with Gasteiger partial charge in [-0.05, 0) is 77.7 Å². The number of hydrogen-bond donors (Lipinski definition) is 2. The first-order chi connectivity index (χ1) is 28.2. The summed E-state index contributed by atoms with van der Waals surface area (Å²) in [7, 11) is 3.06. The SMILES string of the molecule is C=Nc1cc(OCc2cc(COc3cc4c(cc3OC)C(=O)N3c5ccccc5C[C@H]3CN4)cc(CSCC(=O)O)c2)c(OC)cc1C(=O)N1CCc2ccccc21. The Kier molecular flexibility index (Phi) is 11.0. The molecule has 2 amide bonds. The van der Waals surface area contributed by atoms with Gasteiger partial charge in [-0.15, -0.1) is 11.8 Å². The van der Waals surface area contributed by atoms with Crippen LogP contribution in [0.4, 0.5) is 22.7 Å². The van der Waals surface area contributed by atoms with Crippen LogP contribution in [0.3, 0.4) is 0 Å². The highest BCUT2D eigenvalue weighted by atomic mass is 32.2. The summed E-state index contributed by atoms with van der Waals surface area (Å²) >= 11 is 1.29. The van der Waals surface area contributed by atoms with E-state index in [4.69, 9.17) is 18.9 Å². The Bertz CT molecular complexity index is 2440. The number of aliphatic imine (C=N–C) groups is 1. The molecule has 0 aromatic heterocycles. The van der Waals surface area contributed by atoms with Crippen molar-refractivity contribution in [2.24, 2.45) is 4.99 Å². The van der Waals surface area contributed by atoms with E-state index in [1.54, 1.807) is 30.2 Å². The molecule has 5 aromatic carbocycles. The van der Waals surface area contributed by atoms with Crippen molar-refractivity contribution in [3.05, 3.63) is 130 Å². The van der Waals surface area contributed by atoms with E-state index in [1.165, 1.54) is 18.9 Å². The second-order valence-corrected chi connectivity index (χ2v) is 15.2. The molecular weight excluding hydrogens is 757 g/mol. The van der Waals surface area contributed by atoms with Gasteiger partial charge in [-0.2, -0.15) is 0 Å². The molecule has 0 saturated carbocycles. The first-order valence-corrected chi connectivity index (χ1v) is 20.0. The highest BCUT2D eigenvalue weighted by Gasteiger charge is 2.38. The fourth-order valence-electron chi connectivity index (χ4n) is 7.90. The average Bonchev–Trinajstić information content (AvgIpc) is 3.81. The molecule has 3 aliphatic rings. The van der Waals surface area contributed by atoms with Crippen LogP contribution in [0.5, 0.6) is 23.0 Å². The Morgan fingerprint density at radius 1 is 0.845 bits per heavy atom. The van der Waals surface area contributed by atoms with Gasteiger partial charge in [-0.25, -0.2) is 0 Å². The number of carboxylic acids is 1. The van der Waals surface area contributed by atoms with Crippen molar-refractivity contribution in [3.8, 4) is 23.0 Å². The maximum atomic E-state index is 13.9. The molecule has 12 nitrogen and oxygen atoms in total. The zero-order chi connectivity index (χ0) is 40.3.